The van der Waals surface area contributed by atoms with Gasteiger partial charge in [0.25, 0.3) is 0 Å². The molecule has 0 aliphatic heterocycles. The zero-order chi connectivity index (χ0) is 16.5. The summed E-state index contributed by atoms with van der Waals surface area (Å²) in [4.78, 5) is 2.51. The SMILES string of the molecule is CCCCCCCCC(O)CN(CCCCC)CCCCC. The highest BCUT2D eigenvalue weighted by molar-refractivity contribution is 4.66. The van der Waals surface area contributed by atoms with Gasteiger partial charge in [-0.2, -0.15) is 0 Å². The molecular formula is C20H43NO. The van der Waals surface area contributed by atoms with Crippen LogP contribution in [-0.2, 0) is 0 Å². The van der Waals surface area contributed by atoms with Crippen LogP contribution in [0.15, 0.2) is 0 Å². The van der Waals surface area contributed by atoms with Crippen molar-refractivity contribution >= 4 is 0 Å². The number of unbranched alkanes of at least 4 members (excludes halogenated alkanes) is 9. The van der Waals surface area contributed by atoms with E-state index in [4.69, 9.17) is 0 Å². The minimum absolute atomic E-state index is 0.116. The zero-order valence-electron chi connectivity index (χ0n) is 15.8. The van der Waals surface area contributed by atoms with E-state index in [0.29, 0.717) is 0 Å². The Hall–Kier alpha value is -0.0800. The third-order valence-corrected chi connectivity index (χ3v) is 4.52. The molecule has 0 aromatic rings. The molecule has 1 N–H and O–H groups in total. The molecule has 2 nitrogen and oxygen atoms in total. The largest absolute Gasteiger partial charge is 0.392 e. The van der Waals surface area contributed by atoms with Gasteiger partial charge in [-0.3, -0.25) is 0 Å². The molecule has 22 heavy (non-hydrogen) atoms. The normalized spacial score (nSPS) is 13.0. The lowest BCUT2D eigenvalue weighted by atomic mass is 10.1. The van der Waals surface area contributed by atoms with Crippen LogP contribution >= 0.6 is 0 Å². The molecule has 1 atom stereocenters. The molecule has 0 aliphatic rings. The van der Waals surface area contributed by atoms with E-state index in [1.54, 1.807) is 0 Å². The van der Waals surface area contributed by atoms with Gasteiger partial charge in [-0.25, -0.2) is 0 Å². The minimum atomic E-state index is -0.116. The summed E-state index contributed by atoms with van der Waals surface area (Å²) in [5, 5.41) is 10.3. The molecule has 0 heterocycles. The number of aliphatic hydroxyl groups is 1. The van der Waals surface area contributed by atoms with E-state index < -0.39 is 0 Å². The first-order chi connectivity index (χ1) is 10.7. The van der Waals surface area contributed by atoms with Crippen LogP contribution in [-0.4, -0.2) is 35.7 Å². The number of nitrogens with zero attached hydrogens (tertiary/aromatic N) is 1. The maximum absolute atomic E-state index is 10.3. The van der Waals surface area contributed by atoms with Crippen LogP contribution in [0.25, 0.3) is 0 Å². The maximum Gasteiger partial charge on any atom is 0.0667 e. The van der Waals surface area contributed by atoms with E-state index in [-0.39, 0.29) is 6.10 Å². The molecule has 0 radical (unpaired) electrons. The predicted molar refractivity (Wildman–Crippen MR) is 99.5 cm³/mol. The monoisotopic (exact) mass is 313 g/mol. The lowest BCUT2D eigenvalue weighted by Crippen LogP contribution is -2.34. The lowest BCUT2D eigenvalue weighted by Gasteiger charge is -2.25. The molecule has 0 fully saturated rings. The smallest absolute Gasteiger partial charge is 0.0667 e. The van der Waals surface area contributed by atoms with Crippen LogP contribution in [0.2, 0.25) is 0 Å². The maximum atomic E-state index is 10.3. The Bertz CT molecular complexity index is 198. The van der Waals surface area contributed by atoms with Crippen LogP contribution in [0.3, 0.4) is 0 Å². The van der Waals surface area contributed by atoms with E-state index in [9.17, 15) is 5.11 Å². The summed E-state index contributed by atoms with van der Waals surface area (Å²) in [7, 11) is 0. The molecule has 0 saturated heterocycles. The Morgan fingerprint density at radius 2 is 1.09 bits per heavy atom. The fourth-order valence-corrected chi connectivity index (χ4v) is 3.01. The molecule has 1 unspecified atom stereocenters. The Labute approximate surface area is 140 Å². The topological polar surface area (TPSA) is 23.5 Å². The molecule has 0 rings (SSSR count). The van der Waals surface area contributed by atoms with Crippen LogP contribution in [0.1, 0.15) is 104 Å². The van der Waals surface area contributed by atoms with Crippen molar-refractivity contribution in [1.29, 1.82) is 0 Å². The number of hydrogen-bond donors (Lipinski definition) is 1. The van der Waals surface area contributed by atoms with Crippen molar-refractivity contribution in [1.82, 2.24) is 4.90 Å². The van der Waals surface area contributed by atoms with Gasteiger partial charge in [-0.1, -0.05) is 85.0 Å². The predicted octanol–water partition coefficient (Wildman–Crippen LogP) is 5.78. The van der Waals surface area contributed by atoms with Gasteiger partial charge in [-0.15, -0.1) is 0 Å². The highest BCUT2D eigenvalue weighted by atomic mass is 16.3. The van der Waals surface area contributed by atoms with Crippen LogP contribution < -0.4 is 0 Å². The van der Waals surface area contributed by atoms with Crippen LogP contribution in [0.4, 0.5) is 0 Å². The fourth-order valence-electron chi connectivity index (χ4n) is 3.01. The molecule has 2 heteroatoms. The molecular weight excluding hydrogens is 270 g/mol. The van der Waals surface area contributed by atoms with Gasteiger partial charge < -0.3 is 10.0 Å². The minimum Gasteiger partial charge on any atom is -0.392 e. The first-order valence-corrected chi connectivity index (χ1v) is 10.1. The highest BCUT2D eigenvalue weighted by Gasteiger charge is 2.11. The van der Waals surface area contributed by atoms with Crippen molar-refractivity contribution in [2.75, 3.05) is 19.6 Å². The fraction of sp³-hybridized carbons (Fsp3) is 1.00. The second-order valence-electron chi connectivity index (χ2n) is 6.93. The Morgan fingerprint density at radius 1 is 0.636 bits per heavy atom. The quantitative estimate of drug-likeness (QED) is 0.344. The van der Waals surface area contributed by atoms with Crippen molar-refractivity contribution in [3.8, 4) is 0 Å². The third kappa shape index (κ3) is 14.8. The first kappa shape index (κ1) is 21.9. The summed E-state index contributed by atoms with van der Waals surface area (Å²) >= 11 is 0. The van der Waals surface area contributed by atoms with Crippen molar-refractivity contribution < 1.29 is 5.11 Å². The van der Waals surface area contributed by atoms with E-state index in [1.165, 1.54) is 90.1 Å². The van der Waals surface area contributed by atoms with Crippen LogP contribution in [0.5, 0.6) is 0 Å². The van der Waals surface area contributed by atoms with Gasteiger partial charge in [0.1, 0.15) is 0 Å². The molecule has 134 valence electrons. The van der Waals surface area contributed by atoms with Gasteiger partial charge in [0, 0.05) is 6.54 Å². The van der Waals surface area contributed by atoms with Gasteiger partial charge in [0.15, 0.2) is 0 Å². The Morgan fingerprint density at radius 3 is 1.64 bits per heavy atom. The summed E-state index contributed by atoms with van der Waals surface area (Å²) in [6.45, 7) is 10.0. The summed E-state index contributed by atoms with van der Waals surface area (Å²) in [6.07, 6.45) is 16.5. The second-order valence-corrected chi connectivity index (χ2v) is 6.93. The number of rotatable bonds is 17. The highest BCUT2D eigenvalue weighted by Crippen LogP contribution is 2.11. The lowest BCUT2D eigenvalue weighted by molar-refractivity contribution is 0.101. The van der Waals surface area contributed by atoms with Gasteiger partial charge >= 0.3 is 0 Å². The van der Waals surface area contributed by atoms with Crippen molar-refractivity contribution in [2.45, 2.75) is 110 Å². The summed E-state index contributed by atoms with van der Waals surface area (Å²) in [5.41, 5.74) is 0. The molecule has 0 spiro atoms. The van der Waals surface area contributed by atoms with Crippen LogP contribution in [0, 0.1) is 0 Å². The molecule has 0 bridgehead atoms. The standard InChI is InChI=1S/C20H43NO/c1-4-7-10-11-12-13-16-20(22)19-21(17-14-8-5-2)18-15-9-6-3/h20,22H,4-19H2,1-3H3. The van der Waals surface area contributed by atoms with E-state index in [2.05, 4.69) is 25.7 Å². The average Bonchev–Trinajstić information content (AvgIpc) is 2.51. The average molecular weight is 314 g/mol. The summed E-state index contributed by atoms with van der Waals surface area (Å²) in [5.74, 6) is 0. The first-order valence-electron chi connectivity index (χ1n) is 10.1. The van der Waals surface area contributed by atoms with E-state index >= 15 is 0 Å². The summed E-state index contributed by atoms with van der Waals surface area (Å²) < 4.78 is 0. The molecule has 0 aliphatic carbocycles. The summed E-state index contributed by atoms with van der Waals surface area (Å²) in [6, 6.07) is 0. The zero-order valence-corrected chi connectivity index (χ0v) is 15.8. The second kappa shape index (κ2) is 17.3. The van der Waals surface area contributed by atoms with Crippen molar-refractivity contribution in [2.24, 2.45) is 0 Å². The van der Waals surface area contributed by atoms with Gasteiger partial charge in [-0.05, 0) is 32.4 Å². The molecule has 0 aromatic heterocycles. The number of aliphatic hydroxyl groups excluding tert-OH is 1. The molecule has 0 saturated carbocycles. The number of hydrogen-bond acceptors (Lipinski definition) is 2. The van der Waals surface area contributed by atoms with E-state index in [0.717, 1.165) is 13.0 Å². The Kier molecular flexibility index (Phi) is 17.2. The molecule has 0 amide bonds. The Balaban J connectivity index is 3.79. The van der Waals surface area contributed by atoms with E-state index in [1.807, 2.05) is 0 Å². The van der Waals surface area contributed by atoms with Gasteiger partial charge in [0.2, 0.25) is 0 Å². The van der Waals surface area contributed by atoms with Crippen molar-refractivity contribution in [3.63, 3.8) is 0 Å². The third-order valence-electron chi connectivity index (χ3n) is 4.52. The van der Waals surface area contributed by atoms with Crippen molar-refractivity contribution in [3.05, 3.63) is 0 Å². The van der Waals surface area contributed by atoms with Gasteiger partial charge in [0.05, 0.1) is 6.10 Å². The molecule has 0 aromatic carbocycles.